The summed E-state index contributed by atoms with van der Waals surface area (Å²) in [5.41, 5.74) is 0. The van der Waals surface area contributed by atoms with Gasteiger partial charge in [0.25, 0.3) is 0 Å². The van der Waals surface area contributed by atoms with E-state index in [-0.39, 0.29) is 0 Å². The molecule has 84 valence electrons. The smallest absolute Gasteiger partial charge is 0.111 e. The van der Waals surface area contributed by atoms with Gasteiger partial charge in [-0.2, -0.15) is 0 Å². The van der Waals surface area contributed by atoms with Crippen LogP contribution in [0.1, 0.15) is 44.3 Å². The Kier molecular flexibility index (Phi) is 3.78. The molecule has 0 bridgehead atoms. The quantitative estimate of drug-likeness (QED) is 0.820. The minimum Gasteiger partial charge on any atom is -0.335 e. The number of aryl methyl sites for hydroxylation is 1. The van der Waals surface area contributed by atoms with E-state index in [9.17, 15) is 0 Å². The molecule has 1 aromatic heterocycles. The molecule has 1 aliphatic heterocycles. The maximum absolute atomic E-state index is 4.53. The van der Waals surface area contributed by atoms with Gasteiger partial charge in [0, 0.05) is 24.9 Å². The fourth-order valence-corrected chi connectivity index (χ4v) is 2.28. The van der Waals surface area contributed by atoms with Gasteiger partial charge >= 0.3 is 0 Å². The average molecular weight is 207 g/mol. The van der Waals surface area contributed by atoms with E-state index >= 15 is 0 Å². The standard InChI is InChI=1S/C12H21N3/c1-2-3-9-15-10-8-14-12(15)11-4-6-13-7-5-11/h8,10-11,13H,2-7,9H2,1H3. The maximum atomic E-state index is 4.53. The Labute approximate surface area is 91.9 Å². The lowest BCUT2D eigenvalue weighted by Gasteiger charge is -2.23. The van der Waals surface area contributed by atoms with E-state index in [4.69, 9.17) is 0 Å². The highest BCUT2D eigenvalue weighted by atomic mass is 15.1. The SMILES string of the molecule is CCCCn1ccnc1C1CCNCC1. The number of unbranched alkanes of at least 4 members (excludes halogenated alkanes) is 1. The zero-order valence-corrected chi connectivity index (χ0v) is 9.58. The van der Waals surface area contributed by atoms with Gasteiger partial charge < -0.3 is 9.88 Å². The summed E-state index contributed by atoms with van der Waals surface area (Å²) in [6.45, 7) is 5.66. The second-order valence-electron chi connectivity index (χ2n) is 4.36. The van der Waals surface area contributed by atoms with Crippen LogP contribution < -0.4 is 5.32 Å². The van der Waals surface area contributed by atoms with Crippen LogP contribution in [0.5, 0.6) is 0 Å². The summed E-state index contributed by atoms with van der Waals surface area (Å²) in [6.07, 6.45) is 9.07. The van der Waals surface area contributed by atoms with E-state index in [2.05, 4.69) is 28.0 Å². The first kappa shape index (κ1) is 10.7. The molecular weight excluding hydrogens is 186 g/mol. The lowest BCUT2D eigenvalue weighted by atomic mass is 9.97. The van der Waals surface area contributed by atoms with Crippen molar-refractivity contribution in [3.63, 3.8) is 0 Å². The van der Waals surface area contributed by atoms with Crippen LogP contribution in [0, 0.1) is 0 Å². The van der Waals surface area contributed by atoms with E-state index in [0.29, 0.717) is 5.92 Å². The van der Waals surface area contributed by atoms with Gasteiger partial charge in [-0.1, -0.05) is 13.3 Å². The van der Waals surface area contributed by atoms with Gasteiger partial charge in [-0.3, -0.25) is 0 Å². The predicted octanol–water partition coefficient (Wildman–Crippen LogP) is 2.15. The molecule has 0 aliphatic carbocycles. The molecule has 0 atom stereocenters. The Morgan fingerprint density at radius 3 is 3.00 bits per heavy atom. The van der Waals surface area contributed by atoms with Crippen LogP contribution in [0.4, 0.5) is 0 Å². The van der Waals surface area contributed by atoms with Crippen molar-refractivity contribution in [3.8, 4) is 0 Å². The number of rotatable bonds is 4. The summed E-state index contributed by atoms with van der Waals surface area (Å²) < 4.78 is 2.35. The molecule has 0 spiro atoms. The fourth-order valence-electron chi connectivity index (χ4n) is 2.28. The number of imidazole rings is 1. The molecule has 1 saturated heterocycles. The van der Waals surface area contributed by atoms with Crippen molar-refractivity contribution in [2.24, 2.45) is 0 Å². The number of hydrogen-bond donors (Lipinski definition) is 1. The van der Waals surface area contributed by atoms with Crippen LogP contribution in [0.25, 0.3) is 0 Å². The Morgan fingerprint density at radius 1 is 1.47 bits per heavy atom. The van der Waals surface area contributed by atoms with Crippen LogP contribution >= 0.6 is 0 Å². The highest BCUT2D eigenvalue weighted by molar-refractivity contribution is 5.02. The van der Waals surface area contributed by atoms with Gasteiger partial charge in [0.05, 0.1) is 0 Å². The van der Waals surface area contributed by atoms with Crippen molar-refractivity contribution >= 4 is 0 Å². The molecule has 1 aliphatic rings. The molecule has 1 aromatic rings. The summed E-state index contributed by atoms with van der Waals surface area (Å²) in [6, 6.07) is 0. The molecule has 1 N–H and O–H groups in total. The summed E-state index contributed by atoms with van der Waals surface area (Å²) in [5, 5.41) is 3.40. The number of nitrogens with one attached hydrogen (secondary N) is 1. The molecule has 0 amide bonds. The number of hydrogen-bond acceptors (Lipinski definition) is 2. The van der Waals surface area contributed by atoms with Crippen LogP contribution in [-0.4, -0.2) is 22.6 Å². The maximum Gasteiger partial charge on any atom is 0.111 e. The molecule has 0 aromatic carbocycles. The van der Waals surface area contributed by atoms with Crippen LogP contribution in [0.15, 0.2) is 12.4 Å². The van der Waals surface area contributed by atoms with Crippen molar-refractivity contribution in [3.05, 3.63) is 18.2 Å². The van der Waals surface area contributed by atoms with Crippen LogP contribution in [0.3, 0.4) is 0 Å². The monoisotopic (exact) mass is 207 g/mol. The topological polar surface area (TPSA) is 29.9 Å². The largest absolute Gasteiger partial charge is 0.335 e. The molecule has 3 heteroatoms. The third-order valence-corrected chi connectivity index (χ3v) is 3.20. The minimum absolute atomic E-state index is 0.679. The summed E-state index contributed by atoms with van der Waals surface area (Å²) in [7, 11) is 0. The first-order chi connectivity index (χ1) is 7.42. The lowest BCUT2D eigenvalue weighted by molar-refractivity contribution is 0.427. The van der Waals surface area contributed by atoms with Gasteiger partial charge in [0.1, 0.15) is 5.82 Å². The fraction of sp³-hybridized carbons (Fsp3) is 0.750. The van der Waals surface area contributed by atoms with Crippen LogP contribution in [-0.2, 0) is 6.54 Å². The lowest BCUT2D eigenvalue weighted by Crippen LogP contribution is -2.28. The molecule has 0 saturated carbocycles. The summed E-state index contributed by atoms with van der Waals surface area (Å²) in [5.74, 6) is 1.99. The van der Waals surface area contributed by atoms with Gasteiger partial charge in [-0.05, 0) is 32.4 Å². The molecule has 0 radical (unpaired) electrons. The average Bonchev–Trinajstić information content (AvgIpc) is 2.75. The first-order valence-electron chi connectivity index (χ1n) is 6.13. The molecular formula is C12H21N3. The number of nitrogens with zero attached hydrogens (tertiary/aromatic N) is 2. The van der Waals surface area contributed by atoms with E-state index in [1.807, 2.05) is 6.20 Å². The highest BCUT2D eigenvalue weighted by Crippen LogP contribution is 2.23. The Balaban J connectivity index is 2.02. The Bertz CT molecular complexity index is 287. The molecule has 3 nitrogen and oxygen atoms in total. The summed E-state index contributed by atoms with van der Waals surface area (Å²) in [4.78, 5) is 4.53. The van der Waals surface area contributed by atoms with Crippen molar-refractivity contribution < 1.29 is 0 Å². The second kappa shape index (κ2) is 5.31. The predicted molar refractivity (Wildman–Crippen MR) is 62.0 cm³/mol. The third kappa shape index (κ3) is 2.59. The molecule has 2 heterocycles. The zero-order valence-electron chi connectivity index (χ0n) is 9.58. The number of aromatic nitrogens is 2. The molecule has 15 heavy (non-hydrogen) atoms. The molecule has 0 unspecified atom stereocenters. The first-order valence-corrected chi connectivity index (χ1v) is 6.13. The van der Waals surface area contributed by atoms with Crippen molar-refractivity contribution in [1.82, 2.24) is 14.9 Å². The Morgan fingerprint density at radius 2 is 2.27 bits per heavy atom. The highest BCUT2D eigenvalue weighted by Gasteiger charge is 2.19. The number of piperidine rings is 1. The molecule has 2 rings (SSSR count). The van der Waals surface area contributed by atoms with Crippen LogP contribution in [0.2, 0.25) is 0 Å². The molecule has 1 fully saturated rings. The zero-order chi connectivity index (χ0) is 10.5. The van der Waals surface area contributed by atoms with Gasteiger partial charge in [0.2, 0.25) is 0 Å². The Hall–Kier alpha value is -0.830. The van der Waals surface area contributed by atoms with Gasteiger partial charge in [0.15, 0.2) is 0 Å². The van der Waals surface area contributed by atoms with E-state index in [1.165, 1.54) is 31.5 Å². The minimum atomic E-state index is 0.679. The van der Waals surface area contributed by atoms with Gasteiger partial charge in [-0.15, -0.1) is 0 Å². The van der Waals surface area contributed by atoms with Crippen molar-refractivity contribution in [1.29, 1.82) is 0 Å². The van der Waals surface area contributed by atoms with Crippen molar-refractivity contribution in [2.45, 2.75) is 45.1 Å². The van der Waals surface area contributed by atoms with E-state index < -0.39 is 0 Å². The van der Waals surface area contributed by atoms with Gasteiger partial charge in [-0.25, -0.2) is 4.98 Å². The summed E-state index contributed by atoms with van der Waals surface area (Å²) >= 11 is 0. The third-order valence-electron chi connectivity index (χ3n) is 3.20. The normalized spacial score (nSPS) is 18.2. The van der Waals surface area contributed by atoms with E-state index in [1.54, 1.807) is 0 Å². The van der Waals surface area contributed by atoms with E-state index in [0.717, 1.165) is 19.6 Å². The van der Waals surface area contributed by atoms with Crippen molar-refractivity contribution in [2.75, 3.05) is 13.1 Å². The second-order valence-corrected chi connectivity index (χ2v) is 4.36.